The summed E-state index contributed by atoms with van der Waals surface area (Å²) >= 11 is 0. The van der Waals surface area contributed by atoms with Crippen LogP contribution in [0, 0.1) is 15.6 Å². The second kappa shape index (κ2) is 3.88. The largest absolute Gasteiger partial charge is 2.00 e. The number of hydrogen-bond acceptors (Lipinski definition) is 5. The summed E-state index contributed by atoms with van der Waals surface area (Å²) in [6.07, 6.45) is 0. The normalized spacial score (nSPS) is 14.4. The van der Waals surface area contributed by atoms with E-state index in [4.69, 9.17) is 5.53 Å². The van der Waals surface area contributed by atoms with Crippen LogP contribution in [-0.2, 0) is 0 Å². The molecule has 9 heteroatoms. The van der Waals surface area contributed by atoms with Crippen molar-refractivity contribution in [2.75, 3.05) is 0 Å². The van der Waals surface area contributed by atoms with Gasteiger partial charge in [-0.3, -0.25) is 0 Å². The van der Waals surface area contributed by atoms with Gasteiger partial charge in [0.25, 0.3) is 5.10 Å². The topological polar surface area (TPSA) is 107 Å². The molecule has 1 aliphatic rings. The Morgan fingerprint density at radius 3 is 2.60 bits per heavy atom. The van der Waals surface area contributed by atoms with Gasteiger partial charge in [-0.1, -0.05) is 0 Å². The SMILES string of the molecule is N=[N+]1N=NN=C1[N+](=O)[O-].[Ba+2].[H-].[H-]. The maximum absolute atomic E-state index is 9.81. The summed E-state index contributed by atoms with van der Waals surface area (Å²) < 4.78 is 0. The standard InChI is InChI=1S/CHN6O2.Ba.2H/c2-6-1(7(8)9)3-4-5-6;;;/h2H;;;/q+1;+2;2*-1. The summed E-state index contributed by atoms with van der Waals surface area (Å²) in [5.74, 6) is -0.685. The smallest absolute Gasteiger partial charge is 1.00 e. The van der Waals surface area contributed by atoms with Crippen molar-refractivity contribution in [3.8, 4) is 0 Å². The van der Waals surface area contributed by atoms with Crippen molar-refractivity contribution in [3.63, 3.8) is 0 Å². The molecule has 0 amide bonds. The maximum Gasteiger partial charge on any atom is 2.00 e. The van der Waals surface area contributed by atoms with Gasteiger partial charge in [0, 0.05) is 4.92 Å². The van der Waals surface area contributed by atoms with Crippen LogP contribution in [0.25, 0.3) is 0 Å². The molecule has 0 aromatic heterocycles. The Kier molecular flexibility index (Phi) is 3.82. The van der Waals surface area contributed by atoms with Gasteiger partial charge < -0.3 is 13.0 Å². The Labute approximate surface area is 97.7 Å². The van der Waals surface area contributed by atoms with E-state index in [0.717, 1.165) is 0 Å². The van der Waals surface area contributed by atoms with Crippen LogP contribution in [-0.4, -0.2) is 64.6 Å². The fourth-order valence-electron chi connectivity index (χ4n) is 0.296. The number of nitrogens with zero attached hydrogens (tertiary/aromatic N) is 5. The van der Waals surface area contributed by atoms with Crippen LogP contribution in [0.2, 0.25) is 0 Å². The van der Waals surface area contributed by atoms with Crippen molar-refractivity contribution in [2.24, 2.45) is 15.5 Å². The Morgan fingerprint density at radius 1 is 1.80 bits per heavy atom. The third-order valence-corrected chi connectivity index (χ3v) is 0.616. The first kappa shape index (κ1) is 9.84. The van der Waals surface area contributed by atoms with E-state index in [1.165, 1.54) is 0 Å². The van der Waals surface area contributed by atoms with Crippen molar-refractivity contribution in [1.29, 1.82) is 5.53 Å². The zero-order chi connectivity index (χ0) is 6.85. The number of guanidine groups is 1. The third-order valence-electron chi connectivity index (χ3n) is 0.616. The first-order chi connectivity index (χ1) is 4.22. The van der Waals surface area contributed by atoms with Gasteiger partial charge in [0.05, 0.1) is 4.81 Å². The number of hydrogen-bond donors (Lipinski definition) is 1. The molecule has 0 spiro atoms. The average molecular weight is 268 g/mol. The van der Waals surface area contributed by atoms with Gasteiger partial charge in [-0.05, 0) is 0 Å². The fourth-order valence-corrected chi connectivity index (χ4v) is 0.296. The predicted molar refractivity (Wildman–Crippen MR) is 30.2 cm³/mol. The van der Waals surface area contributed by atoms with Crippen LogP contribution in [0.5, 0.6) is 0 Å². The molecule has 0 saturated carbocycles. The second-order valence-corrected chi connectivity index (χ2v) is 1.15. The minimum atomic E-state index is -0.840. The van der Waals surface area contributed by atoms with Gasteiger partial charge in [0.2, 0.25) is 5.22 Å². The molecule has 1 rings (SSSR count). The summed E-state index contributed by atoms with van der Waals surface area (Å²) in [6, 6.07) is 0. The fraction of sp³-hybridized carbons (Fsp3) is 0. The van der Waals surface area contributed by atoms with Crippen LogP contribution >= 0.6 is 0 Å². The van der Waals surface area contributed by atoms with Crippen LogP contribution in [0.4, 0.5) is 0 Å². The van der Waals surface area contributed by atoms with Crippen LogP contribution < -0.4 is 0 Å². The van der Waals surface area contributed by atoms with Crippen molar-refractivity contribution in [1.82, 2.24) is 0 Å². The molecule has 1 heterocycles. The van der Waals surface area contributed by atoms with Crippen molar-refractivity contribution >= 4 is 54.8 Å². The maximum atomic E-state index is 9.81. The Bertz CT molecular complexity index is 238. The Balaban J connectivity index is -0.000000270. The van der Waals surface area contributed by atoms with E-state index < -0.39 is 10.9 Å². The van der Waals surface area contributed by atoms with E-state index in [-0.39, 0.29) is 56.5 Å². The number of nitro groups is 1. The molecular weight excluding hydrogens is 265 g/mol. The summed E-state index contributed by atoms with van der Waals surface area (Å²) in [5.41, 5.74) is 6.62. The molecule has 0 aliphatic carbocycles. The summed E-state index contributed by atoms with van der Waals surface area (Å²) in [6.45, 7) is 0. The molecule has 50 valence electrons. The molecule has 1 N–H and O–H groups in total. The van der Waals surface area contributed by atoms with Crippen LogP contribution in [0.15, 0.2) is 15.5 Å². The number of nitrogens with one attached hydrogen (secondary N) is 1. The zero-order valence-corrected chi connectivity index (χ0v) is 9.20. The van der Waals surface area contributed by atoms with E-state index in [1.807, 2.05) is 0 Å². The quantitative estimate of drug-likeness (QED) is 0.284. The summed E-state index contributed by atoms with van der Waals surface area (Å²) in [4.78, 5) is 9.20. The molecule has 0 saturated heterocycles. The van der Waals surface area contributed by atoms with Crippen LogP contribution in [0.1, 0.15) is 2.85 Å². The van der Waals surface area contributed by atoms with Gasteiger partial charge in [-0.15, -0.1) is 5.53 Å². The van der Waals surface area contributed by atoms with Gasteiger partial charge in [-0.25, -0.2) is 0 Å². The minimum absolute atomic E-state index is 0. The summed E-state index contributed by atoms with van der Waals surface area (Å²) in [7, 11) is 0. The minimum Gasteiger partial charge on any atom is -1.00 e. The Morgan fingerprint density at radius 2 is 2.40 bits per heavy atom. The molecule has 8 nitrogen and oxygen atoms in total. The molecule has 1 aliphatic heterocycles. The van der Waals surface area contributed by atoms with Crippen molar-refractivity contribution < 1.29 is 12.6 Å². The van der Waals surface area contributed by atoms with Crippen molar-refractivity contribution in [3.05, 3.63) is 10.1 Å². The Hall–Kier alpha value is -0.159. The molecule has 0 radical (unpaired) electrons. The van der Waals surface area contributed by atoms with Crippen LogP contribution in [0.3, 0.4) is 0 Å². The molecule has 0 bridgehead atoms. The molecule has 0 unspecified atom stereocenters. The van der Waals surface area contributed by atoms with Gasteiger partial charge in [-0.2, -0.15) is 0 Å². The van der Waals surface area contributed by atoms with E-state index in [0.29, 0.717) is 0 Å². The zero-order valence-electron chi connectivity index (χ0n) is 6.76. The first-order valence-corrected chi connectivity index (χ1v) is 1.86. The molecule has 10 heavy (non-hydrogen) atoms. The molecule has 0 fully saturated rings. The number of rotatable bonds is 0. The second-order valence-electron chi connectivity index (χ2n) is 1.15. The van der Waals surface area contributed by atoms with E-state index in [1.54, 1.807) is 0 Å². The van der Waals surface area contributed by atoms with E-state index in [2.05, 4.69) is 15.5 Å². The van der Waals surface area contributed by atoms with Gasteiger partial charge >= 0.3 is 60.1 Å². The monoisotopic (exact) mass is 269 g/mol. The predicted octanol–water partition coefficient (Wildman–Crippen LogP) is -0.197. The summed E-state index contributed by atoms with van der Waals surface area (Å²) in [5, 5.41) is 18.5. The molecule has 0 aromatic carbocycles. The van der Waals surface area contributed by atoms with Crippen molar-refractivity contribution in [2.45, 2.75) is 0 Å². The molecule has 0 atom stereocenters. The average Bonchev–Trinajstić information content (AvgIpc) is 2.13. The van der Waals surface area contributed by atoms with Gasteiger partial charge in [0.1, 0.15) is 0 Å². The first-order valence-electron chi connectivity index (χ1n) is 1.86. The third kappa shape index (κ3) is 1.92. The van der Waals surface area contributed by atoms with Gasteiger partial charge in [0.15, 0.2) is 0 Å². The van der Waals surface area contributed by atoms with E-state index in [9.17, 15) is 10.1 Å². The molecule has 0 aromatic rings. The van der Waals surface area contributed by atoms with E-state index >= 15 is 0 Å². The molecular formula is CH3BaN6O2+.